The lowest BCUT2D eigenvalue weighted by atomic mass is 10.2. The van der Waals surface area contributed by atoms with Gasteiger partial charge in [0, 0.05) is 25.7 Å². The van der Waals surface area contributed by atoms with E-state index in [2.05, 4.69) is 22.5 Å². The monoisotopic (exact) mass is 315 g/mol. The first-order valence-electron chi connectivity index (χ1n) is 6.67. The summed E-state index contributed by atoms with van der Waals surface area (Å²) in [5.74, 6) is -0.0894. The number of piperazine rings is 1. The Labute approximate surface area is 129 Å². The van der Waals surface area contributed by atoms with Crippen LogP contribution in [0.15, 0.2) is 12.1 Å². The van der Waals surface area contributed by atoms with E-state index in [4.69, 9.17) is 23.2 Å². The Morgan fingerprint density at radius 1 is 1.50 bits per heavy atom. The Morgan fingerprint density at radius 2 is 2.25 bits per heavy atom. The zero-order valence-corrected chi connectivity index (χ0v) is 13.2. The fraction of sp³-hybridized carbons (Fsp3) is 0.500. The predicted molar refractivity (Wildman–Crippen MR) is 83.7 cm³/mol. The number of hydrogen-bond donors (Lipinski definition) is 2. The molecule has 1 fully saturated rings. The molecule has 2 N–H and O–H groups in total. The van der Waals surface area contributed by atoms with Crippen molar-refractivity contribution in [3.63, 3.8) is 0 Å². The summed E-state index contributed by atoms with van der Waals surface area (Å²) in [6.07, 6.45) is 0. The van der Waals surface area contributed by atoms with Gasteiger partial charge in [0.05, 0.1) is 22.3 Å². The summed E-state index contributed by atoms with van der Waals surface area (Å²) in [7, 11) is 0. The van der Waals surface area contributed by atoms with Crippen molar-refractivity contribution in [1.29, 1.82) is 0 Å². The summed E-state index contributed by atoms with van der Waals surface area (Å²) in [4.78, 5) is 14.2. The molecule has 1 atom stereocenters. The third-order valence-corrected chi connectivity index (χ3v) is 4.17. The lowest BCUT2D eigenvalue weighted by Crippen LogP contribution is -2.51. The van der Waals surface area contributed by atoms with E-state index in [0.29, 0.717) is 28.3 Å². The molecule has 1 aromatic carbocycles. The van der Waals surface area contributed by atoms with Crippen molar-refractivity contribution in [3.05, 3.63) is 27.7 Å². The molecule has 1 aliphatic heterocycles. The molecule has 0 bridgehead atoms. The highest BCUT2D eigenvalue weighted by molar-refractivity contribution is 6.40. The number of carbonyl (C=O) groups is 1. The predicted octanol–water partition coefficient (Wildman–Crippen LogP) is 2.53. The van der Waals surface area contributed by atoms with Crippen molar-refractivity contribution in [2.24, 2.45) is 0 Å². The quantitative estimate of drug-likeness (QED) is 0.901. The number of aryl methyl sites for hydroxylation is 1. The van der Waals surface area contributed by atoms with Crippen LogP contribution in [0.4, 0.5) is 5.69 Å². The summed E-state index contributed by atoms with van der Waals surface area (Å²) < 4.78 is 0. The number of hydrogen-bond acceptors (Lipinski definition) is 3. The highest BCUT2D eigenvalue weighted by Crippen LogP contribution is 2.32. The molecule has 1 amide bonds. The van der Waals surface area contributed by atoms with Crippen LogP contribution in [-0.2, 0) is 4.79 Å². The van der Waals surface area contributed by atoms with Crippen molar-refractivity contribution in [2.75, 3.05) is 31.5 Å². The third kappa shape index (κ3) is 3.85. The minimum atomic E-state index is -0.0894. The van der Waals surface area contributed by atoms with Crippen LogP contribution in [0.1, 0.15) is 12.5 Å². The Hall–Kier alpha value is -0.810. The SMILES string of the molecule is Cc1ccc(Cl)c(NC(=O)CN2CCN[C@@H](C)C2)c1Cl. The van der Waals surface area contributed by atoms with Crippen LogP contribution in [0.2, 0.25) is 10.0 Å². The van der Waals surface area contributed by atoms with Gasteiger partial charge in [0.2, 0.25) is 5.91 Å². The fourth-order valence-electron chi connectivity index (χ4n) is 2.31. The molecule has 6 heteroatoms. The van der Waals surface area contributed by atoms with Crippen molar-refractivity contribution in [1.82, 2.24) is 10.2 Å². The molecule has 20 heavy (non-hydrogen) atoms. The molecule has 1 aromatic rings. The summed E-state index contributed by atoms with van der Waals surface area (Å²) in [5.41, 5.74) is 1.39. The zero-order chi connectivity index (χ0) is 14.7. The van der Waals surface area contributed by atoms with Crippen LogP contribution in [0.3, 0.4) is 0 Å². The molecule has 2 rings (SSSR count). The fourth-order valence-corrected chi connectivity index (χ4v) is 2.77. The lowest BCUT2D eigenvalue weighted by Gasteiger charge is -2.31. The van der Waals surface area contributed by atoms with Crippen LogP contribution in [0.5, 0.6) is 0 Å². The number of anilines is 1. The topological polar surface area (TPSA) is 44.4 Å². The summed E-state index contributed by atoms with van der Waals surface area (Å²) >= 11 is 12.3. The molecule has 110 valence electrons. The molecule has 1 heterocycles. The minimum absolute atomic E-state index is 0.0894. The molecular weight excluding hydrogens is 297 g/mol. The van der Waals surface area contributed by atoms with Crippen LogP contribution in [0, 0.1) is 6.92 Å². The molecule has 0 saturated carbocycles. The van der Waals surface area contributed by atoms with E-state index < -0.39 is 0 Å². The number of nitrogens with zero attached hydrogens (tertiary/aromatic N) is 1. The summed E-state index contributed by atoms with van der Waals surface area (Å²) in [5, 5.41) is 7.12. The van der Waals surface area contributed by atoms with Gasteiger partial charge in [0.25, 0.3) is 0 Å². The molecule has 1 aliphatic rings. The van der Waals surface area contributed by atoms with E-state index in [-0.39, 0.29) is 5.91 Å². The van der Waals surface area contributed by atoms with Crippen molar-refractivity contribution in [3.8, 4) is 0 Å². The molecular formula is C14H19Cl2N3O. The van der Waals surface area contributed by atoms with Crippen molar-refractivity contribution >= 4 is 34.8 Å². The molecule has 4 nitrogen and oxygen atoms in total. The van der Waals surface area contributed by atoms with Gasteiger partial charge in [-0.3, -0.25) is 9.69 Å². The Kier molecular flexibility index (Phi) is 5.27. The van der Waals surface area contributed by atoms with Gasteiger partial charge >= 0.3 is 0 Å². The molecule has 0 unspecified atom stereocenters. The standard InChI is InChI=1S/C14H19Cl2N3O/c1-9-3-4-11(15)14(13(9)16)18-12(20)8-19-6-5-17-10(2)7-19/h3-4,10,17H,5-8H2,1-2H3,(H,18,20)/t10-/m0/s1. The largest absolute Gasteiger partial charge is 0.322 e. The Bertz CT molecular complexity index is 507. The zero-order valence-electron chi connectivity index (χ0n) is 11.7. The highest BCUT2D eigenvalue weighted by atomic mass is 35.5. The van der Waals surface area contributed by atoms with Gasteiger partial charge in [-0.05, 0) is 25.5 Å². The lowest BCUT2D eigenvalue weighted by molar-refractivity contribution is -0.117. The van der Waals surface area contributed by atoms with Crippen LogP contribution in [-0.4, -0.2) is 43.0 Å². The number of rotatable bonds is 3. The second-order valence-electron chi connectivity index (χ2n) is 5.19. The van der Waals surface area contributed by atoms with Crippen molar-refractivity contribution in [2.45, 2.75) is 19.9 Å². The third-order valence-electron chi connectivity index (χ3n) is 3.37. The van der Waals surface area contributed by atoms with Crippen molar-refractivity contribution < 1.29 is 4.79 Å². The van der Waals surface area contributed by atoms with Gasteiger partial charge in [0.1, 0.15) is 0 Å². The van der Waals surface area contributed by atoms with Crippen LogP contribution >= 0.6 is 23.2 Å². The van der Waals surface area contributed by atoms with E-state index in [1.165, 1.54) is 0 Å². The molecule has 1 saturated heterocycles. The number of nitrogens with one attached hydrogen (secondary N) is 2. The average molecular weight is 316 g/mol. The summed E-state index contributed by atoms with van der Waals surface area (Å²) in [6, 6.07) is 3.98. The second-order valence-corrected chi connectivity index (χ2v) is 5.98. The van der Waals surface area contributed by atoms with Gasteiger partial charge < -0.3 is 10.6 Å². The number of carbonyl (C=O) groups excluding carboxylic acids is 1. The Morgan fingerprint density at radius 3 is 2.95 bits per heavy atom. The van der Waals surface area contributed by atoms with E-state index in [9.17, 15) is 4.79 Å². The first-order chi connectivity index (χ1) is 9.47. The first-order valence-corrected chi connectivity index (χ1v) is 7.43. The van der Waals surface area contributed by atoms with Gasteiger partial charge in [-0.25, -0.2) is 0 Å². The van der Waals surface area contributed by atoms with Crippen LogP contribution in [0.25, 0.3) is 0 Å². The average Bonchev–Trinajstić information content (AvgIpc) is 2.39. The molecule has 0 spiro atoms. The van der Waals surface area contributed by atoms with E-state index >= 15 is 0 Å². The molecule has 0 aromatic heterocycles. The highest BCUT2D eigenvalue weighted by Gasteiger charge is 2.19. The Balaban J connectivity index is 2.00. The smallest absolute Gasteiger partial charge is 0.238 e. The number of amides is 1. The van der Waals surface area contributed by atoms with Gasteiger partial charge in [0.15, 0.2) is 0 Å². The first kappa shape index (κ1) is 15.6. The van der Waals surface area contributed by atoms with Gasteiger partial charge in [-0.15, -0.1) is 0 Å². The maximum absolute atomic E-state index is 12.1. The molecule has 0 radical (unpaired) electrons. The second kappa shape index (κ2) is 6.76. The van der Waals surface area contributed by atoms with E-state index in [1.807, 2.05) is 13.0 Å². The number of halogens is 2. The van der Waals surface area contributed by atoms with Gasteiger partial charge in [-0.1, -0.05) is 29.3 Å². The minimum Gasteiger partial charge on any atom is -0.322 e. The summed E-state index contributed by atoms with van der Waals surface area (Å²) in [6.45, 7) is 6.98. The maximum atomic E-state index is 12.1. The normalized spacial score (nSPS) is 19.9. The van der Waals surface area contributed by atoms with E-state index in [1.54, 1.807) is 6.07 Å². The van der Waals surface area contributed by atoms with E-state index in [0.717, 1.165) is 25.2 Å². The maximum Gasteiger partial charge on any atom is 0.238 e. The van der Waals surface area contributed by atoms with Crippen LogP contribution < -0.4 is 10.6 Å². The molecule has 0 aliphatic carbocycles. The van der Waals surface area contributed by atoms with Gasteiger partial charge in [-0.2, -0.15) is 0 Å². The number of benzene rings is 1.